The fraction of sp³-hybridized carbons (Fsp3) is 0.273. The van der Waals surface area contributed by atoms with Gasteiger partial charge in [0, 0.05) is 11.8 Å². The van der Waals surface area contributed by atoms with Crippen LogP contribution in [-0.4, -0.2) is 33.1 Å². The van der Waals surface area contributed by atoms with Gasteiger partial charge in [0.25, 0.3) is 0 Å². The van der Waals surface area contributed by atoms with E-state index in [2.05, 4.69) is 27.8 Å². The molecule has 1 fully saturated rings. The van der Waals surface area contributed by atoms with Crippen LogP contribution in [-0.2, 0) is 0 Å². The lowest BCUT2D eigenvalue weighted by molar-refractivity contribution is 0.126. The van der Waals surface area contributed by atoms with Gasteiger partial charge in [-0.15, -0.1) is 0 Å². The van der Waals surface area contributed by atoms with Crippen LogP contribution >= 0.6 is 11.8 Å². The number of aromatic nitrogens is 2. The summed E-state index contributed by atoms with van der Waals surface area (Å²) in [5.41, 5.74) is 2.89. The summed E-state index contributed by atoms with van der Waals surface area (Å²) in [7, 11) is 0. The van der Waals surface area contributed by atoms with E-state index in [0.717, 1.165) is 10.9 Å². The molecule has 4 rings (SSSR count). The van der Waals surface area contributed by atoms with Gasteiger partial charge in [0.15, 0.2) is 5.16 Å². The number of benzene rings is 2. The maximum absolute atomic E-state index is 10.3. The summed E-state index contributed by atoms with van der Waals surface area (Å²) in [6.45, 7) is 0.203. The lowest BCUT2D eigenvalue weighted by Gasteiger charge is -2.14. The fourth-order valence-corrected chi connectivity index (χ4v) is 3.95. The first-order valence-electron chi connectivity index (χ1n) is 9.31. The third kappa shape index (κ3) is 4.38. The average Bonchev–Trinajstić information content (AvgIpc) is 3.50. The molecule has 0 radical (unpaired) electrons. The van der Waals surface area contributed by atoms with E-state index in [9.17, 15) is 5.11 Å². The standard InChI is InChI=1S/C22H21N3O2S/c23-12-16-6-10-20(11-7-16)27-14-19(26)15-28-22-24-13-21(25(22)18-8-9-18)17-4-2-1-3-5-17/h1-7,10-11,13,18-19,26H,8-9,14-15H2. The molecule has 0 bridgehead atoms. The average molecular weight is 391 g/mol. The highest BCUT2D eigenvalue weighted by atomic mass is 32.2. The van der Waals surface area contributed by atoms with Crippen LogP contribution in [0.15, 0.2) is 66.0 Å². The molecule has 1 N–H and O–H groups in total. The van der Waals surface area contributed by atoms with Gasteiger partial charge in [-0.2, -0.15) is 5.26 Å². The van der Waals surface area contributed by atoms with Crippen LogP contribution < -0.4 is 4.74 Å². The summed E-state index contributed by atoms with van der Waals surface area (Å²) in [4.78, 5) is 4.61. The molecule has 6 heteroatoms. The number of ether oxygens (including phenoxy) is 1. The number of hydrogen-bond donors (Lipinski definition) is 1. The molecule has 28 heavy (non-hydrogen) atoms. The van der Waals surface area contributed by atoms with Crippen LogP contribution in [0.4, 0.5) is 0 Å². The van der Waals surface area contributed by atoms with Gasteiger partial charge in [-0.3, -0.25) is 0 Å². The first-order valence-corrected chi connectivity index (χ1v) is 10.3. The molecule has 1 aliphatic rings. The summed E-state index contributed by atoms with van der Waals surface area (Å²) in [5.74, 6) is 1.16. The molecule has 2 aromatic carbocycles. The van der Waals surface area contributed by atoms with E-state index in [0.29, 0.717) is 23.1 Å². The molecular weight excluding hydrogens is 370 g/mol. The van der Waals surface area contributed by atoms with Gasteiger partial charge in [0.2, 0.25) is 0 Å². The number of rotatable bonds is 8. The van der Waals surface area contributed by atoms with Crippen LogP contribution in [0.1, 0.15) is 24.4 Å². The van der Waals surface area contributed by atoms with Crippen molar-refractivity contribution in [2.45, 2.75) is 30.1 Å². The maximum atomic E-state index is 10.3. The molecule has 1 aromatic heterocycles. The zero-order valence-corrected chi connectivity index (χ0v) is 16.2. The Morgan fingerprint density at radius 1 is 1.18 bits per heavy atom. The number of nitriles is 1. The minimum absolute atomic E-state index is 0.203. The molecule has 1 aliphatic carbocycles. The molecule has 142 valence electrons. The molecular formula is C22H21N3O2S. The third-order valence-corrected chi connectivity index (χ3v) is 5.69. The van der Waals surface area contributed by atoms with Crippen LogP contribution in [0.25, 0.3) is 11.3 Å². The van der Waals surface area contributed by atoms with E-state index >= 15 is 0 Å². The molecule has 0 spiro atoms. The Balaban J connectivity index is 1.36. The van der Waals surface area contributed by atoms with Crippen molar-refractivity contribution in [3.63, 3.8) is 0 Å². The number of aliphatic hydroxyl groups excluding tert-OH is 1. The minimum Gasteiger partial charge on any atom is -0.491 e. The highest BCUT2D eigenvalue weighted by Crippen LogP contribution is 2.41. The van der Waals surface area contributed by atoms with E-state index in [1.54, 1.807) is 36.0 Å². The van der Waals surface area contributed by atoms with E-state index in [4.69, 9.17) is 10.00 Å². The van der Waals surface area contributed by atoms with Crippen molar-refractivity contribution >= 4 is 11.8 Å². The van der Waals surface area contributed by atoms with Crippen molar-refractivity contribution in [1.29, 1.82) is 5.26 Å². The normalized spacial score (nSPS) is 14.4. The Bertz CT molecular complexity index is 960. The smallest absolute Gasteiger partial charge is 0.168 e. The molecule has 1 atom stereocenters. The largest absolute Gasteiger partial charge is 0.491 e. The van der Waals surface area contributed by atoms with Crippen molar-refractivity contribution < 1.29 is 9.84 Å². The predicted molar refractivity (Wildman–Crippen MR) is 109 cm³/mol. The lowest BCUT2D eigenvalue weighted by Crippen LogP contribution is -2.20. The van der Waals surface area contributed by atoms with Crippen LogP contribution in [0.2, 0.25) is 0 Å². The first kappa shape index (κ1) is 18.6. The number of nitrogens with zero attached hydrogens (tertiary/aromatic N) is 3. The predicted octanol–water partition coefficient (Wildman–Crippen LogP) is 4.29. The van der Waals surface area contributed by atoms with Gasteiger partial charge in [0.05, 0.1) is 29.6 Å². The summed E-state index contributed by atoms with van der Waals surface area (Å²) in [6, 6.07) is 19.8. The minimum atomic E-state index is -0.606. The summed E-state index contributed by atoms with van der Waals surface area (Å²) in [6.07, 6.45) is 3.67. The van der Waals surface area contributed by atoms with Gasteiger partial charge in [-0.25, -0.2) is 4.98 Å². The van der Waals surface area contributed by atoms with Crippen LogP contribution in [0.3, 0.4) is 0 Å². The molecule has 0 aliphatic heterocycles. The molecule has 5 nitrogen and oxygen atoms in total. The lowest BCUT2D eigenvalue weighted by atomic mass is 10.2. The monoisotopic (exact) mass is 391 g/mol. The van der Waals surface area contributed by atoms with Crippen molar-refractivity contribution in [1.82, 2.24) is 9.55 Å². The zero-order chi connectivity index (χ0) is 19.3. The number of imidazole rings is 1. The van der Waals surface area contributed by atoms with E-state index in [-0.39, 0.29) is 6.61 Å². The molecule has 1 saturated carbocycles. The van der Waals surface area contributed by atoms with Crippen molar-refractivity contribution in [3.05, 3.63) is 66.4 Å². The number of hydrogen-bond acceptors (Lipinski definition) is 5. The summed E-state index contributed by atoms with van der Waals surface area (Å²) >= 11 is 1.56. The Morgan fingerprint density at radius 2 is 1.93 bits per heavy atom. The molecule has 0 saturated heterocycles. The Morgan fingerprint density at radius 3 is 2.61 bits per heavy atom. The zero-order valence-electron chi connectivity index (χ0n) is 15.4. The first-order chi connectivity index (χ1) is 13.7. The van der Waals surface area contributed by atoms with Crippen molar-refractivity contribution in [3.8, 4) is 23.1 Å². The second-order valence-corrected chi connectivity index (χ2v) is 7.79. The molecule has 1 unspecified atom stereocenters. The van der Waals surface area contributed by atoms with Gasteiger partial charge in [-0.1, -0.05) is 42.1 Å². The van der Waals surface area contributed by atoms with E-state index in [1.165, 1.54) is 18.4 Å². The van der Waals surface area contributed by atoms with E-state index < -0.39 is 6.10 Å². The van der Waals surface area contributed by atoms with Crippen molar-refractivity contribution in [2.24, 2.45) is 0 Å². The maximum Gasteiger partial charge on any atom is 0.168 e. The Hall–Kier alpha value is -2.75. The Labute approximate surface area is 168 Å². The second-order valence-electron chi connectivity index (χ2n) is 6.81. The van der Waals surface area contributed by atoms with Crippen LogP contribution in [0, 0.1) is 11.3 Å². The third-order valence-electron chi connectivity index (χ3n) is 4.58. The summed E-state index contributed by atoms with van der Waals surface area (Å²) < 4.78 is 7.92. The Kier molecular flexibility index (Phi) is 5.65. The summed E-state index contributed by atoms with van der Waals surface area (Å²) in [5, 5.41) is 20.1. The quantitative estimate of drug-likeness (QED) is 0.580. The van der Waals surface area contributed by atoms with Gasteiger partial charge in [0.1, 0.15) is 12.4 Å². The van der Waals surface area contributed by atoms with Gasteiger partial charge in [-0.05, 0) is 42.7 Å². The second kappa shape index (κ2) is 8.51. The molecule has 3 aromatic rings. The highest BCUT2D eigenvalue weighted by Gasteiger charge is 2.29. The van der Waals surface area contributed by atoms with Gasteiger partial charge >= 0.3 is 0 Å². The van der Waals surface area contributed by atoms with Gasteiger partial charge < -0.3 is 14.4 Å². The topological polar surface area (TPSA) is 71.1 Å². The SMILES string of the molecule is N#Cc1ccc(OCC(O)CSc2ncc(-c3ccccc3)n2C2CC2)cc1. The fourth-order valence-electron chi connectivity index (χ4n) is 3.00. The number of aliphatic hydroxyl groups is 1. The van der Waals surface area contributed by atoms with Crippen LogP contribution in [0.5, 0.6) is 5.75 Å². The van der Waals surface area contributed by atoms with E-state index in [1.807, 2.05) is 24.4 Å². The number of thioether (sulfide) groups is 1. The molecule has 1 heterocycles. The molecule has 0 amide bonds. The highest BCUT2D eigenvalue weighted by molar-refractivity contribution is 7.99. The van der Waals surface area contributed by atoms with Crippen molar-refractivity contribution in [2.75, 3.05) is 12.4 Å².